The first kappa shape index (κ1) is 18.9. The fourth-order valence-electron chi connectivity index (χ4n) is 2.99. The number of hydrogen-bond donors (Lipinski definition) is 1. The molecule has 0 atom stereocenters. The molecule has 3 heterocycles. The molecule has 2 aromatic heterocycles. The number of anilines is 2. The summed E-state index contributed by atoms with van der Waals surface area (Å²) in [5.74, 6) is 2.16. The second-order valence-corrected chi connectivity index (χ2v) is 8.07. The molecule has 0 radical (unpaired) electrons. The van der Waals surface area contributed by atoms with Crippen LogP contribution in [0, 0.1) is 5.92 Å². The zero-order valence-corrected chi connectivity index (χ0v) is 16.9. The Bertz CT molecular complexity index is 852. The summed E-state index contributed by atoms with van der Waals surface area (Å²) in [5.41, 5.74) is 0. The van der Waals surface area contributed by atoms with E-state index in [1.54, 1.807) is 19.4 Å². The topological polar surface area (TPSA) is 83.5 Å². The minimum atomic E-state index is 0.0328. The fourth-order valence-corrected chi connectivity index (χ4v) is 3.79. The Labute approximate surface area is 168 Å². The number of piperazine rings is 1. The largest absolute Gasteiger partial charge is 0.480 e. The van der Waals surface area contributed by atoms with Crippen LogP contribution in [0.2, 0.25) is 0 Å². The SMILES string of the molecule is COc1nc(N2CCN(C)CC2)ccc1Sc1nccc(NC(=O)C2CC2)n1. The van der Waals surface area contributed by atoms with Gasteiger partial charge in [-0.25, -0.2) is 9.97 Å². The van der Waals surface area contributed by atoms with Crippen LogP contribution >= 0.6 is 11.8 Å². The van der Waals surface area contributed by atoms with Crippen molar-refractivity contribution in [1.82, 2.24) is 19.9 Å². The van der Waals surface area contributed by atoms with E-state index in [1.807, 2.05) is 12.1 Å². The molecule has 28 heavy (non-hydrogen) atoms. The average molecular weight is 401 g/mol. The van der Waals surface area contributed by atoms with Crippen LogP contribution in [0.5, 0.6) is 5.88 Å². The van der Waals surface area contributed by atoms with Crippen LogP contribution in [0.25, 0.3) is 0 Å². The molecular formula is C19H24N6O2S. The monoisotopic (exact) mass is 400 g/mol. The van der Waals surface area contributed by atoms with Gasteiger partial charge < -0.3 is 19.9 Å². The maximum atomic E-state index is 11.9. The Morgan fingerprint density at radius 3 is 2.68 bits per heavy atom. The van der Waals surface area contributed by atoms with Gasteiger partial charge in [-0.3, -0.25) is 4.79 Å². The Balaban J connectivity index is 1.47. The summed E-state index contributed by atoms with van der Waals surface area (Å²) in [7, 11) is 3.75. The number of ether oxygens (including phenoxy) is 1. The highest BCUT2D eigenvalue weighted by Crippen LogP contribution is 2.34. The van der Waals surface area contributed by atoms with E-state index < -0.39 is 0 Å². The van der Waals surface area contributed by atoms with Crippen molar-refractivity contribution in [3.8, 4) is 5.88 Å². The number of nitrogens with one attached hydrogen (secondary N) is 1. The van der Waals surface area contributed by atoms with Crippen molar-refractivity contribution in [2.45, 2.75) is 22.9 Å². The van der Waals surface area contributed by atoms with Gasteiger partial charge >= 0.3 is 0 Å². The third-order valence-corrected chi connectivity index (χ3v) is 5.78. The fraction of sp³-hybridized carbons (Fsp3) is 0.474. The number of rotatable bonds is 6. The Morgan fingerprint density at radius 2 is 1.96 bits per heavy atom. The second kappa shape index (κ2) is 8.32. The van der Waals surface area contributed by atoms with Gasteiger partial charge in [-0.2, -0.15) is 4.98 Å². The predicted molar refractivity (Wildman–Crippen MR) is 108 cm³/mol. The lowest BCUT2D eigenvalue weighted by molar-refractivity contribution is -0.117. The molecule has 0 aromatic carbocycles. The normalized spacial score (nSPS) is 17.4. The van der Waals surface area contributed by atoms with E-state index in [9.17, 15) is 4.79 Å². The van der Waals surface area contributed by atoms with Gasteiger partial charge in [-0.05, 0) is 49.9 Å². The highest BCUT2D eigenvalue weighted by atomic mass is 32.2. The molecule has 1 saturated carbocycles. The second-order valence-electron chi connectivity index (χ2n) is 7.06. The number of amides is 1. The molecule has 148 valence electrons. The standard InChI is InChI=1S/C19H24N6O2S/c1-24-9-11-25(12-10-24)16-6-5-14(18(23-16)27-2)28-19-20-8-7-15(22-19)21-17(26)13-3-4-13/h5-8,13H,3-4,9-12H2,1-2H3,(H,20,21,22,26). The minimum absolute atomic E-state index is 0.0328. The van der Waals surface area contributed by atoms with Crippen molar-refractivity contribution >= 4 is 29.3 Å². The van der Waals surface area contributed by atoms with Gasteiger partial charge in [-0.1, -0.05) is 0 Å². The summed E-state index contributed by atoms with van der Waals surface area (Å²) in [4.78, 5) is 30.8. The van der Waals surface area contributed by atoms with Crippen LogP contribution < -0.4 is 15.0 Å². The molecule has 0 bridgehead atoms. The third kappa shape index (κ3) is 4.53. The predicted octanol–water partition coefficient (Wildman–Crippen LogP) is 2.13. The average Bonchev–Trinajstić information content (AvgIpc) is 3.55. The van der Waals surface area contributed by atoms with Crippen molar-refractivity contribution in [3.63, 3.8) is 0 Å². The van der Waals surface area contributed by atoms with E-state index in [-0.39, 0.29) is 11.8 Å². The third-order valence-electron chi connectivity index (χ3n) is 4.87. The Hall–Kier alpha value is -2.39. The van der Waals surface area contributed by atoms with E-state index in [0.29, 0.717) is 16.9 Å². The van der Waals surface area contributed by atoms with Gasteiger partial charge in [0.05, 0.1) is 12.0 Å². The summed E-state index contributed by atoms with van der Waals surface area (Å²) in [5, 5.41) is 3.40. The molecule has 2 aliphatic rings. The number of nitrogens with zero attached hydrogens (tertiary/aromatic N) is 5. The zero-order valence-electron chi connectivity index (χ0n) is 16.1. The molecule has 0 unspecified atom stereocenters. The van der Waals surface area contributed by atoms with Crippen molar-refractivity contribution in [3.05, 3.63) is 24.4 Å². The van der Waals surface area contributed by atoms with Gasteiger partial charge in [0.2, 0.25) is 11.8 Å². The summed E-state index contributed by atoms with van der Waals surface area (Å²) in [6.07, 6.45) is 3.57. The maximum Gasteiger partial charge on any atom is 0.229 e. The molecule has 8 nitrogen and oxygen atoms in total. The number of aromatic nitrogens is 3. The first-order valence-electron chi connectivity index (χ1n) is 9.42. The lowest BCUT2D eigenvalue weighted by atomic mass is 10.3. The van der Waals surface area contributed by atoms with E-state index in [4.69, 9.17) is 4.74 Å². The van der Waals surface area contributed by atoms with Gasteiger partial charge in [0.1, 0.15) is 11.6 Å². The molecule has 2 fully saturated rings. The molecule has 9 heteroatoms. The lowest BCUT2D eigenvalue weighted by Gasteiger charge is -2.33. The number of pyridine rings is 1. The van der Waals surface area contributed by atoms with Crippen LogP contribution in [0.4, 0.5) is 11.6 Å². The molecule has 1 saturated heterocycles. The maximum absolute atomic E-state index is 11.9. The van der Waals surface area contributed by atoms with E-state index in [2.05, 4.69) is 37.1 Å². The minimum Gasteiger partial charge on any atom is -0.480 e. The molecule has 4 rings (SSSR count). The van der Waals surface area contributed by atoms with Crippen LogP contribution in [-0.2, 0) is 4.79 Å². The quantitative estimate of drug-likeness (QED) is 0.739. The zero-order chi connectivity index (χ0) is 19.5. The van der Waals surface area contributed by atoms with E-state index in [0.717, 1.165) is 49.7 Å². The molecule has 2 aromatic rings. The number of carbonyl (C=O) groups excluding carboxylic acids is 1. The summed E-state index contributed by atoms with van der Waals surface area (Å²) >= 11 is 1.37. The van der Waals surface area contributed by atoms with E-state index >= 15 is 0 Å². The van der Waals surface area contributed by atoms with Crippen LogP contribution in [0.15, 0.2) is 34.4 Å². The molecule has 1 N–H and O–H groups in total. The van der Waals surface area contributed by atoms with Crippen molar-refractivity contribution in [2.24, 2.45) is 5.92 Å². The molecule has 1 amide bonds. The van der Waals surface area contributed by atoms with Crippen molar-refractivity contribution < 1.29 is 9.53 Å². The molecule has 1 aliphatic carbocycles. The van der Waals surface area contributed by atoms with Gasteiger partial charge in [0, 0.05) is 38.3 Å². The Kier molecular flexibility index (Phi) is 5.63. The molecule has 0 spiro atoms. The summed E-state index contributed by atoms with van der Waals surface area (Å²) in [6.45, 7) is 3.94. The number of hydrogen-bond acceptors (Lipinski definition) is 8. The lowest BCUT2D eigenvalue weighted by Crippen LogP contribution is -2.44. The van der Waals surface area contributed by atoms with E-state index in [1.165, 1.54) is 11.8 Å². The number of carbonyl (C=O) groups is 1. The van der Waals surface area contributed by atoms with Crippen LogP contribution in [-0.4, -0.2) is 66.1 Å². The Morgan fingerprint density at radius 1 is 1.18 bits per heavy atom. The van der Waals surface area contributed by atoms with Crippen molar-refractivity contribution in [2.75, 3.05) is 50.6 Å². The van der Waals surface area contributed by atoms with Crippen molar-refractivity contribution in [1.29, 1.82) is 0 Å². The van der Waals surface area contributed by atoms with Crippen LogP contribution in [0.3, 0.4) is 0 Å². The highest BCUT2D eigenvalue weighted by Gasteiger charge is 2.29. The van der Waals surface area contributed by atoms with Gasteiger partial charge in [0.15, 0.2) is 5.16 Å². The van der Waals surface area contributed by atoms with Crippen LogP contribution in [0.1, 0.15) is 12.8 Å². The first-order valence-corrected chi connectivity index (χ1v) is 10.2. The summed E-state index contributed by atoms with van der Waals surface area (Å²) < 4.78 is 5.51. The number of likely N-dealkylation sites (N-methyl/N-ethyl adjacent to an activating group) is 1. The van der Waals surface area contributed by atoms with Gasteiger partial charge in [-0.15, -0.1) is 0 Å². The first-order chi connectivity index (χ1) is 13.6. The number of methoxy groups -OCH3 is 1. The molecular weight excluding hydrogens is 376 g/mol. The van der Waals surface area contributed by atoms with Gasteiger partial charge in [0.25, 0.3) is 0 Å². The molecule has 1 aliphatic heterocycles. The highest BCUT2D eigenvalue weighted by molar-refractivity contribution is 7.99. The smallest absolute Gasteiger partial charge is 0.229 e. The summed E-state index contributed by atoms with van der Waals surface area (Å²) in [6, 6.07) is 5.70.